The number of ether oxygens (including phenoxy) is 1. The van der Waals surface area contributed by atoms with Crippen LogP contribution in [0.25, 0.3) is 0 Å². The van der Waals surface area contributed by atoms with Crippen LogP contribution >= 0.6 is 23.4 Å². The minimum atomic E-state index is -0.177. The summed E-state index contributed by atoms with van der Waals surface area (Å²) in [6.07, 6.45) is 0. The van der Waals surface area contributed by atoms with E-state index in [-0.39, 0.29) is 11.9 Å². The van der Waals surface area contributed by atoms with Gasteiger partial charge in [0.25, 0.3) is 5.91 Å². The quantitative estimate of drug-likeness (QED) is 0.417. The van der Waals surface area contributed by atoms with E-state index >= 15 is 0 Å². The number of halogens is 1. The fourth-order valence-corrected chi connectivity index (χ4v) is 3.32. The zero-order valence-corrected chi connectivity index (χ0v) is 17.0. The van der Waals surface area contributed by atoms with Crippen LogP contribution < -0.4 is 10.2 Å². The summed E-state index contributed by atoms with van der Waals surface area (Å²) in [7, 11) is 5.41. The summed E-state index contributed by atoms with van der Waals surface area (Å²) in [5.41, 5.74) is 1.54. The first-order valence-corrected chi connectivity index (χ1v) is 9.64. The Morgan fingerprint density at radius 3 is 2.62 bits per heavy atom. The van der Waals surface area contributed by atoms with Crippen molar-refractivity contribution in [2.24, 2.45) is 0 Å². The second-order valence-corrected chi connectivity index (χ2v) is 7.59. The van der Waals surface area contributed by atoms with Crippen LogP contribution in [0.5, 0.6) is 0 Å². The average Bonchev–Trinajstić information content (AvgIpc) is 2.61. The van der Waals surface area contributed by atoms with Gasteiger partial charge in [0.2, 0.25) is 0 Å². The first-order chi connectivity index (χ1) is 12.4. The second-order valence-electron chi connectivity index (χ2n) is 6.04. The molecule has 0 radical (unpaired) electrons. The van der Waals surface area contributed by atoms with Crippen molar-refractivity contribution in [1.29, 1.82) is 0 Å². The van der Waals surface area contributed by atoms with Crippen LogP contribution in [-0.2, 0) is 4.74 Å². The molecular weight excluding hydrogens is 370 g/mol. The van der Waals surface area contributed by atoms with E-state index in [9.17, 15) is 4.79 Å². The van der Waals surface area contributed by atoms with Crippen molar-refractivity contribution in [1.82, 2.24) is 10.3 Å². The normalized spacial score (nSPS) is 11.9. The molecule has 1 aromatic heterocycles. The van der Waals surface area contributed by atoms with E-state index < -0.39 is 0 Å². The van der Waals surface area contributed by atoms with Gasteiger partial charge < -0.3 is 15.0 Å². The molecule has 1 heterocycles. The van der Waals surface area contributed by atoms with Gasteiger partial charge in [-0.25, -0.2) is 4.98 Å². The lowest BCUT2D eigenvalue weighted by Crippen LogP contribution is -2.27. The van der Waals surface area contributed by atoms with Crippen molar-refractivity contribution >= 4 is 35.1 Å². The molecule has 1 amide bonds. The maximum atomic E-state index is 12.6. The summed E-state index contributed by atoms with van der Waals surface area (Å²) in [5.74, 6) is 1.38. The van der Waals surface area contributed by atoms with Crippen LogP contribution in [0.1, 0.15) is 28.9 Å². The summed E-state index contributed by atoms with van der Waals surface area (Å²) < 4.78 is 5.06. The van der Waals surface area contributed by atoms with Gasteiger partial charge in [-0.2, -0.15) is 0 Å². The molecule has 1 aromatic carbocycles. The molecule has 140 valence electrons. The standard InChI is InChI=1S/C19H24ClN3O2S/c1-13(14-5-7-16(8-6-14)26-10-9-25-4)21-19(24)15-11-17(20)22-18(12-15)23(2)3/h5-8,11-13H,9-10H2,1-4H3,(H,21,24). The number of aromatic nitrogens is 1. The molecular formula is C19H24ClN3O2S. The van der Waals surface area contributed by atoms with E-state index in [0.29, 0.717) is 16.5 Å². The monoisotopic (exact) mass is 393 g/mol. The minimum absolute atomic E-state index is 0.115. The van der Waals surface area contributed by atoms with Crippen molar-refractivity contribution in [2.45, 2.75) is 17.9 Å². The molecule has 1 N–H and O–H groups in total. The maximum absolute atomic E-state index is 12.6. The molecule has 26 heavy (non-hydrogen) atoms. The van der Waals surface area contributed by atoms with Crippen LogP contribution in [0.4, 0.5) is 5.82 Å². The van der Waals surface area contributed by atoms with E-state index in [1.165, 1.54) is 4.90 Å². The fraction of sp³-hybridized carbons (Fsp3) is 0.368. The van der Waals surface area contributed by atoms with Crippen molar-refractivity contribution in [3.05, 3.63) is 52.7 Å². The third-order valence-electron chi connectivity index (χ3n) is 3.78. The number of carbonyl (C=O) groups excluding carboxylic acids is 1. The molecule has 0 spiro atoms. The van der Waals surface area contributed by atoms with E-state index in [4.69, 9.17) is 16.3 Å². The molecule has 0 aliphatic heterocycles. The van der Waals surface area contributed by atoms with Gasteiger partial charge in [0, 0.05) is 37.4 Å². The molecule has 0 bridgehead atoms. The van der Waals surface area contributed by atoms with Gasteiger partial charge in [0.1, 0.15) is 11.0 Å². The highest BCUT2D eigenvalue weighted by atomic mass is 35.5. The van der Waals surface area contributed by atoms with Crippen molar-refractivity contribution in [3.8, 4) is 0 Å². The topological polar surface area (TPSA) is 54.5 Å². The number of amides is 1. The average molecular weight is 394 g/mol. The lowest BCUT2D eigenvalue weighted by atomic mass is 10.1. The summed E-state index contributed by atoms with van der Waals surface area (Å²) in [6, 6.07) is 11.4. The largest absolute Gasteiger partial charge is 0.384 e. The van der Waals surface area contributed by atoms with Crippen molar-refractivity contribution < 1.29 is 9.53 Å². The van der Waals surface area contributed by atoms with Gasteiger partial charge in [-0.1, -0.05) is 23.7 Å². The lowest BCUT2D eigenvalue weighted by Gasteiger charge is -2.17. The predicted molar refractivity (Wildman–Crippen MR) is 108 cm³/mol. The number of hydrogen-bond donors (Lipinski definition) is 1. The molecule has 0 saturated heterocycles. The lowest BCUT2D eigenvalue weighted by molar-refractivity contribution is 0.0940. The van der Waals surface area contributed by atoms with Gasteiger partial charge in [-0.15, -0.1) is 11.8 Å². The first-order valence-electron chi connectivity index (χ1n) is 8.28. The van der Waals surface area contributed by atoms with E-state index in [1.807, 2.05) is 38.1 Å². The fourth-order valence-electron chi connectivity index (χ4n) is 2.30. The number of rotatable bonds is 8. The van der Waals surface area contributed by atoms with Crippen LogP contribution in [0.3, 0.4) is 0 Å². The molecule has 0 aliphatic rings. The molecule has 0 saturated carbocycles. The molecule has 7 heteroatoms. The Bertz CT molecular complexity index is 738. The molecule has 5 nitrogen and oxygen atoms in total. The Kier molecular flexibility index (Phi) is 7.75. The van der Waals surface area contributed by atoms with Crippen LogP contribution in [0, 0.1) is 0 Å². The van der Waals surface area contributed by atoms with Crippen LogP contribution in [0.2, 0.25) is 5.15 Å². The Hall–Kier alpha value is -1.76. The highest BCUT2D eigenvalue weighted by molar-refractivity contribution is 7.99. The Labute approximate surface area is 164 Å². The highest BCUT2D eigenvalue weighted by Gasteiger charge is 2.14. The van der Waals surface area contributed by atoms with Gasteiger partial charge in [0.05, 0.1) is 12.6 Å². The number of carbonyl (C=O) groups is 1. The Morgan fingerprint density at radius 2 is 2.00 bits per heavy atom. The smallest absolute Gasteiger partial charge is 0.251 e. The van der Waals surface area contributed by atoms with E-state index in [1.54, 1.807) is 31.0 Å². The zero-order valence-electron chi connectivity index (χ0n) is 15.5. The zero-order chi connectivity index (χ0) is 19.1. The minimum Gasteiger partial charge on any atom is -0.384 e. The number of pyridine rings is 1. The van der Waals surface area contributed by atoms with E-state index in [2.05, 4.69) is 22.4 Å². The number of nitrogens with one attached hydrogen (secondary N) is 1. The van der Waals surface area contributed by atoms with Crippen LogP contribution in [-0.4, -0.2) is 44.5 Å². The predicted octanol–water partition coefficient (Wildman–Crippen LogP) is 4.03. The SMILES string of the molecule is COCCSc1ccc(C(C)NC(=O)c2cc(Cl)nc(N(C)C)c2)cc1. The van der Waals surface area contributed by atoms with Crippen LogP contribution in [0.15, 0.2) is 41.3 Å². The van der Waals surface area contributed by atoms with E-state index in [0.717, 1.165) is 17.9 Å². The van der Waals surface area contributed by atoms with Gasteiger partial charge in [0.15, 0.2) is 0 Å². The number of methoxy groups -OCH3 is 1. The molecule has 0 aliphatic carbocycles. The molecule has 2 aromatic rings. The molecule has 1 unspecified atom stereocenters. The number of anilines is 1. The molecule has 1 atom stereocenters. The number of nitrogens with zero attached hydrogens (tertiary/aromatic N) is 2. The highest BCUT2D eigenvalue weighted by Crippen LogP contribution is 2.22. The molecule has 0 fully saturated rings. The van der Waals surface area contributed by atoms with Gasteiger partial charge >= 0.3 is 0 Å². The van der Waals surface area contributed by atoms with Gasteiger partial charge in [-0.3, -0.25) is 4.79 Å². The summed E-state index contributed by atoms with van der Waals surface area (Å²) in [5, 5.41) is 3.30. The number of thioether (sulfide) groups is 1. The number of benzene rings is 1. The Balaban J connectivity index is 2.02. The number of hydrogen-bond acceptors (Lipinski definition) is 5. The van der Waals surface area contributed by atoms with Crippen molar-refractivity contribution in [3.63, 3.8) is 0 Å². The van der Waals surface area contributed by atoms with Gasteiger partial charge in [-0.05, 0) is 36.8 Å². The second kappa shape index (κ2) is 9.80. The summed E-state index contributed by atoms with van der Waals surface area (Å²) in [6.45, 7) is 2.68. The third kappa shape index (κ3) is 5.90. The summed E-state index contributed by atoms with van der Waals surface area (Å²) >= 11 is 7.78. The first kappa shape index (κ1) is 20.6. The summed E-state index contributed by atoms with van der Waals surface area (Å²) in [4.78, 5) is 19.7. The molecule has 2 rings (SSSR count). The van der Waals surface area contributed by atoms with Crippen molar-refractivity contribution in [2.75, 3.05) is 38.5 Å². The Morgan fingerprint density at radius 1 is 1.31 bits per heavy atom. The third-order valence-corrected chi connectivity index (χ3v) is 4.95. The maximum Gasteiger partial charge on any atom is 0.251 e.